The van der Waals surface area contributed by atoms with Crippen LogP contribution < -0.4 is 19.7 Å². The summed E-state index contributed by atoms with van der Waals surface area (Å²) < 4.78 is 11.1. The van der Waals surface area contributed by atoms with Crippen LogP contribution in [0.2, 0.25) is 0 Å². The van der Waals surface area contributed by atoms with Gasteiger partial charge in [-0.3, -0.25) is 14.5 Å². The van der Waals surface area contributed by atoms with E-state index in [9.17, 15) is 9.59 Å². The van der Waals surface area contributed by atoms with Crippen molar-refractivity contribution >= 4 is 35.3 Å². The first-order chi connectivity index (χ1) is 19.4. The molecule has 0 aliphatic carbocycles. The fourth-order valence-electron chi connectivity index (χ4n) is 5.08. The minimum absolute atomic E-state index is 0.0991. The van der Waals surface area contributed by atoms with Gasteiger partial charge in [-0.05, 0) is 67.3 Å². The van der Waals surface area contributed by atoms with Gasteiger partial charge in [-0.2, -0.15) is 0 Å². The standard InChI is InChI=1S/C32H35N3O4S/c1-4-39-27-12-10-23(18-28(27)38-3)19-30-32(37)34(2)26-20-24(11-13-29(26)40-30)31(36)33-25-14-16-35(17-15-25)21-22-8-6-5-7-9-22/h5-13,18-20,25H,4,14-17,21H2,1-3H3,(H,33,36)/b30-19+. The third kappa shape index (κ3) is 6.35. The highest BCUT2D eigenvalue weighted by atomic mass is 32.2. The maximum Gasteiger partial charge on any atom is 0.264 e. The lowest BCUT2D eigenvalue weighted by Crippen LogP contribution is -2.44. The Kier molecular flexibility index (Phi) is 8.77. The lowest BCUT2D eigenvalue weighted by atomic mass is 10.0. The van der Waals surface area contributed by atoms with E-state index in [1.807, 2.05) is 55.5 Å². The van der Waals surface area contributed by atoms with Crippen molar-refractivity contribution in [3.63, 3.8) is 0 Å². The molecule has 0 radical (unpaired) electrons. The minimum Gasteiger partial charge on any atom is -0.493 e. The molecule has 2 amide bonds. The number of carbonyl (C=O) groups excluding carboxylic acids is 2. The Labute approximate surface area is 240 Å². The predicted molar refractivity (Wildman–Crippen MR) is 160 cm³/mol. The second kappa shape index (κ2) is 12.6. The van der Waals surface area contributed by atoms with Gasteiger partial charge in [0.1, 0.15) is 0 Å². The molecule has 1 N–H and O–H groups in total. The Bertz CT molecular complexity index is 1400. The minimum atomic E-state index is -0.117. The molecular formula is C32H35N3O4S. The van der Waals surface area contributed by atoms with Crippen molar-refractivity contribution in [2.75, 3.05) is 38.8 Å². The van der Waals surface area contributed by atoms with E-state index in [1.54, 1.807) is 19.1 Å². The maximum atomic E-state index is 13.3. The number of carbonyl (C=O) groups is 2. The van der Waals surface area contributed by atoms with Crippen LogP contribution in [0.3, 0.4) is 0 Å². The fraction of sp³-hybridized carbons (Fsp3) is 0.312. The number of rotatable bonds is 8. The van der Waals surface area contributed by atoms with Crippen molar-refractivity contribution in [2.45, 2.75) is 37.2 Å². The summed E-state index contributed by atoms with van der Waals surface area (Å²) in [5, 5.41) is 3.21. The largest absolute Gasteiger partial charge is 0.493 e. The molecule has 1 saturated heterocycles. The van der Waals surface area contributed by atoms with Gasteiger partial charge in [0, 0.05) is 43.2 Å². The van der Waals surface area contributed by atoms with Crippen molar-refractivity contribution in [1.82, 2.24) is 10.2 Å². The number of likely N-dealkylation sites (tertiary alicyclic amines) is 1. The van der Waals surface area contributed by atoms with Crippen LogP contribution in [0.15, 0.2) is 76.5 Å². The van der Waals surface area contributed by atoms with Gasteiger partial charge in [-0.15, -0.1) is 0 Å². The molecule has 8 heteroatoms. The zero-order valence-corrected chi connectivity index (χ0v) is 24.0. The summed E-state index contributed by atoms with van der Waals surface area (Å²) in [5.74, 6) is 1.07. The second-order valence-electron chi connectivity index (χ2n) is 10.0. The van der Waals surface area contributed by atoms with Gasteiger partial charge in [0.25, 0.3) is 11.8 Å². The SMILES string of the molecule is CCOc1ccc(/C=C2/Sc3ccc(C(=O)NC4CCN(Cc5ccccc5)CC4)cc3N(C)C2=O)cc1OC. The van der Waals surface area contributed by atoms with Crippen LogP contribution in [0, 0.1) is 0 Å². The number of likely N-dealkylation sites (N-methyl/N-ethyl adjacent to an activating group) is 1. The number of methoxy groups -OCH3 is 1. The molecule has 2 aliphatic rings. The zero-order chi connectivity index (χ0) is 28.1. The molecule has 0 unspecified atom stereocenters. The van der Waals surface area contributed by atoms with E-state index in [4.69, 9.17) is 9.47 Å². The number of anilines is 1. The van der Waals surface area contributed by atoms with Crippen LogP contribution in [0.4, 0.5) is 5.69 Å². The molecular weight excluding hydrogens is 522 g/mol. The number of thioether (sulfide) groups is 1. The number of piperidine rings is 1. The van der Waals surface area contributed by atoms with E-state index in [0.29, 0.717) is 28.6 Å². The number of ether oxygens (including phenoxy) is 2. The molecule has 3 aromatic rings. The highest BCUT2D eigenvalue weighted by Crippen LogP contribution is 2.42. The first kappa shape index (κ1) is 27.8. The molecule has 0 atom stereocenters. The van der Waals surface area contributed by atoms with Gasteiger partial charge in [-0.25, -0.2) is 0 Å². The van der Waals surface area contributed by atoms with Gasteiger partial charge in [-0.1, -0.05) is 48.2 Å². The van der Waals surface area contributed by atoms with E-state index in [-0.39, 0.29) is 17.9 Å². The van der Waals surface area contributed by atoms with Gasteiger partial charge in [0.2, 0.25) is 0 Å². The van der Waals surface area contributed by atoms with Gasteiger partial charge < -0.3 is 19.7 Å². The summed E-state index contributed by atoms with van der Waals surface area (Å²) in [5.41, 5.74) is 3.46. The predicted octanol–water partition coefficient (Wildman–Crippen LogP) is 5.60. The molecule has 0 aromatic heterocycles. The molecule has 40 heavy (non-hydrogen) atoms. The van der Waals surface area contributed by atoms with E-state index in [0.717, 1.165) is 48.6 Å². The first-order valence-electron chi connectivity index (χ1n) is 13.6. The monoisotopic (exact) mass is 557 g/mol. The third-order valence-electron chi connectivity index (χ3n) is 7.27. The molecule has 0 bridgehead atoms. The number of hydrogen-bond donors (Lipinski definition) is 1. The van der Waals surface area contributed by atoms with Crippen molar-refractivity contribution in [1.29, 1.82) is 0 Å². The highest BCUT2D eigenvalue weighted by Gasteiger charge is 2.28. The Morgan fingerprint density at radius 2 is 1.82 bits per heavy atom. The van der Waals surface area contributed by atoms with E-state index >= 15 is 0 Å². The van der Waals surface area contributed by atoms with E-state index < -0.39 is 0 Å². The molecule has 5 rings (SSSR count). The average molecular weight is 558 g/mol. The molecule has 0 saturated carbocycles. The summed E-state index contributed by atoms with van der Waals surface area (Å²) in [6.07, 6.45) is 3.69. The summed E-state index contributed by atoms with van der Waals surface area (Å²) in [7, 11) is 3.35. The second-order valence-corrected chi connectivity index (χ2v) is 11.1. The van der Waals surface area contributed by atoms with Crippen LogP contribution >= 0.6 is 11.8 Å². The van der Waals surface area contributed by atoms with Gasteiger partial charge in [0.15, 0.2) is 11.5 Å². The summed E-state index contributed by atoms with van der Waals surface area (Å²) in [6, 6.07) is 21.8. The molecule has 2 aliphatic heterocycles. The number of nitrogens with zero attached hydrogens (tertiary/aromatic N) is 2. The number of hydrogen-bond acceptors (Lipinski definition) is 6. The van der Waals surface area contributed by atoms with Crippen LogP contribution in [0.1, 0.15) is 41.3 Å². The Morgan fingerprint density at radius 1 is 1.05 bits per heavy atom. The first-order valence-corrected chi connectivity index (χ1v) is 14.5. The summed E-state index contributed by atoms with van der Waals surface area (Å²) >= 11 is 1.41. The maximum absolute atomic E-state index is 13.3. The normalized spacial score (nSPS) is 17.0. The Morgan fingerprint density at radius 3 is 2.55 bits per heavy atom. The average Bonchev–Trinajstić information content (AvgIpc) is 2.98. The van der Waals surface area contributed by atoms with Gasteiger partial charge >= 0.3 is 0 Å². The molecule has 7 nitrogen and oxygen atoms in total. The zero-order valence-electron chi connectivity index (χ0n) is 23.2. The van der Waals surface area contributed by atoms with Crippen molar-refractivity contribution in [2.24, 2.45) is 0 Å². The summed E-state index contributed by atoms with van der Waals surface area (Å²) in [4.78, 5) is 32.0. The van der Waals surface area contributed by atoms with Crippen LogP contribution in [0.5, 0.6) is 11.5 Å². The third-order valence-corrected chi connectivity index (χ3v) is 8.35. The van der Waals surface area contributed by atoms with E-state index in [1.165, 1.54) is 17.3 Å². The highest BCUT2D eigenvalue weighted by molar-refractivity contribution is 8.04. The van der Waals surface area contributed by atoms with Crippen LogP contribution in [-0.2, 0) is 11.3 Å². The Hall–Kier alpha value is -3.75. The lowest BCUT2D eigenvalue weighted by Gasteiger charge is -2.32. The quantitative estimate of drug-likeness (QED) is 0.364. The van der Waals surface area contributed by atoms with Crippen molar-refractivity contribution in [3.05, 3.63) is 88.3 Å². The topological polar surface area (TPSA) is 71.1 Å². The fourth-order valence-corrected chi connectivity index (χ4v) is 6.17. The molecule has 208 valence electrons. The smallest absolute Gasteiger partial charge is 0.264 e. The summed E-state index contributed by atoms with van der Waals surface area (Å²) in [6.45, 7) is 5.31. The molecule has 1 fully saturated rings. The van der Waals surface area contributed by atoms with Crippen LogP contribution in [-0.4, -0.2) is 56.6 Å². The Balaban J connectivity index is 1.23. The number of benzene rings is 3. The molecule has 3 aromatic carbocycles. The van der Waals surface area contributed by atoms with Crippen molar-refractivity contribution < 1.29 is 19.1 Å². The van der Waals surface area contributed by atoms with E-state index in [2.05, 4.69) is 34.5 Å². The molecule has 0 spiro atoms. The van der Waals surface area contributed by atoms with Gasteiger partial charge in [0.05, 0.1) is 24.3 Å². The van der Waals surface area contributed by atoms with Crippen LogP contribution in [0.25, 0.3) is 6.08 Å². The molecule has 2 heterocycles. The lowest BCUT2D eigenvalue weighted by molar-refractivity contribution is -0.114. The number of fused-ring (bicyclic) bond motifs is 1. The number of amides is 2. The number of nitrogens with one attached hydrogen (secondary N) is 1. The van der Waals surface area contributed by atoms with Crippen molar-refractivity contribution in [3.8, 4) is 11.5 Å².